The van der Waals surface area contributed by atoms with Crippen molar-refractivity contribution < 1.29 is 35.8 Å². The molecule has 0 aromatic heterocycles. The summed E-state index contributed by atoms with van der Waals surface area (Å²) in [7, 11) is -3.95. The monoisotopic (exact) mass is 414 g/mol. The van der Waals surface area contributed by atoms with E-state index in [1.54, 1.807) is 6.92 Å². The fourth-order valence-electron chi connectivity index (χ4n) is 3.36. The van der Waals surface area contributed by atoms with E-state index in [1.165, 1.54) is 6.92 Å². The second kappa shape index (κ2) is 8.19. The van der Waals surface area contributed by atoms with Gasteiger partial charge in [-0.3, -0.25) is 4.55 Å². The predicted octanol–water partition coefficient (Wildman–Crippen LogP) is -0.950. The summed E-state index contributed by atoms with van der Waals surface area (Å²) in [5.41, 5.74) is 2.32. The van der Waals surface area contributed by atoms with E-state index in [0.29, 0.717) is 17.6 Å². The summed E-state index contributed by atoms with van der Waals surface area (Å²) >= 11 is 0. The van der Waals surface area contributed by atoms with Crippen LogP contribution in [-0.2, 0) is 24.7 Å². The summed E-state index contributed by atoms with van der Waals surface area (Å²) in [4.78, 5) is 10.7. The Labute approximate surface area is 154 Å². The molecule has 0 aromatic rings. The Morgan fingerprint density at radius 3 is 2.15 bits per heavy atom. The summed E-state index contributed by atoms with van der Waals surface area (Å²) in [5.74, 6) is -2.93. The Morgan fingerprint density at radius 1 is 1.19 bits per heavy atom. The fraction of sp³-hybridized carbons (Fsp3) is 0.857. The molecule has 12 heteroatoms. The van der Waals surface area contributed by atoms with Gasteiger partial charge in [-0.2, -0.15) is 13.5 Å². The molecule has 1 heterocycles. The number of sulfone groups is 1. The smallest absolute Gasteiger partial charge is 0.351 e. The average Bonchev–Trinajstić information content (AvgIpc) is 2.66. The van der Waals surface area contributed by atoms with Crippen molar-refractivity contribution in [2.75, 3.05) is 44.4 Å². The highest BCUT2D eigenvalue weighted by Gasteiger charge is 2.44. The molecule has 3 unspecified atom stereocenters. The zero-order valence-electron chi connectivity index (χ0n) is 15.4. The van der Waals surface area contributed by atoms with Crippen molar-refractivity contribution >= 4 is 31.6 Å². The Balaban J connectivity index is 2.77. The molecule has 0 radical (unpaired) electrons. The van der Waals surface area contributed by atoms with E-state index in [-0.39, 0.29) is 23.1 Å². The van der Waals surface area contributed by atoms with E-state index in [0.717, 1.165) is 0 Å². The van der Waals surface area contributed by atoms with Gasteiger partial charge in [-0.1, -0.05) is 0 Å². The molecule has 0 bridgehead atoms. The number of carboxylic acid groups (broad SMARTS) is 1. The Morgan fingerprint density at radius 2 is 1.69 bits per heavy atom. The molecule has 1 aliphatic heterocycles. The van der Waals surface area contributed by atoms with Crippen LogP contribution >= 0.6 is 0 Å². The summed E-state index contributed by atoms with van der Waals surface area (Å²) < 4.78 is 57.0. The SMILES string of the molecule is C/C(=N\NC(C)CS(=O)(=O)CC1C[N+](C)(C)CC1CS(=O)(=O)O)C(=O)O. The summed E-state index contributed by atoms with van der Waals surface area (Å²) in [6.45, 7) is 3.82. The minimum atomic E-state index is -4.19. The zero-order chi connectivity index (χ0) is 20.3. The molecule has 1 fully saturated rings. The maximum atomic E-state index is 12.5. The lowest BCUT2D eigenvalue weighted by atomic mass is 10.0. The lowest BCUT2D eigenvalue weighted by Gasteiger charge is -2.23. The maximum absolute atomic E-state index is 12.5. The van der Waals surface area contributed by atoms with E-state index in [4.69, 9.17) is 9.66 Å². The minimum Gasteiger partial charge on any atom is -0.477 e. The van der Waals surface area contributed by atoms with E-state index in [9.17, 15) is 21.6 Å². The number of rotatable bonds is 9. The normalized spacial score (nSPS) is 25.0. The lowest BCUT2D eigenvalue weighted by Crippen LogP contribution is -2.38. The van der Waals surface area contributed by atoms with Gasteiger partial charge in [0.05, 0.1) is 50.5 Å². The molecular weight excluding hydrogens is 386 g/mol. The molecule has 1 saturated heterocycles. The molecule has 152 valence electrons. The number of quaternary nitrogens is 1. The van der Waals surface area contributed by atoms with Crippen LogP contribution in [0.3, 0.4) is 0 Å². The van der Waals surface area contributed by atoms with Gasteiger partial charge in [0.2, 0.25) is 0 Å². The molecule has 1 rings (SSSR count). The third-order valence-electron chi connectivity index (χ3n) is 4.28. The van der Waals surface area contributed by atoms with Gasteiger partial charge in [-0.15, -0.1) is 0 Å². The molecule has 10 nitrogen and oxygen atoms in total. The van der Waals surface area contributed by atoms with Crippen molar-refractivity contribution in [3.63, 3.8) is 0 Å². The van der Waals surface area contributed by atoms with Crippen molar-refractivity contribution in [3.8, 4) is 0 Å². The van der Waals surface area contributed by atoms with Gasteiger partial charge < -0.3 is 15.0 Å². The number of nitrogens with zero attached hydrogens (tertiary/aromatic N) is 2. The van der Waals surface area contributed by atoms with Crippen LogP contribution in [0.25, 0.3) is 0 Å². The topological polar surface area (TPSA) is 150 Å². The van der Waals surface area contributed by atoms with E-state index in [2.05, 4.69) is 10.5 Å². The Bertz CT molecular complexity index is 759. The van der Waals surface area contributed by atoms with Gasteiger partial charge in [0.25, 0.3) is 10.1 Å². The number of hydrogen-bond donors (Lipinski definition) is 3. The van der Waals surface area contributed by atoms with Crippen LogP contribution in [0.15, 0.2) is 5.10 Å². The van der Waals surface area contributed by atoms with Crippen molar-refractivity contribution in [1.82, 2.24) is 5.43 Å². The number of carbonyl (C=O) groups is 1. The highest BCUT2D eigenvalue weighted by molar-refractivity contribution is 7.91. The first-order chi connectivity index (χ1) is 11.6. The number of hydrazone groups is 1. The van der Waals surface area contributed by atoms with Crippen LogP contribution in [0.4, 0.5) is 0 Å². The highest BCUT2D eigenvalue weighted by atomic mass is 32.2. The van der Waals surface area contributed by atoms with E-state index in [1.807, 2.05) is 14.1 Å². The van der Waals surface area contributed by atoms with Gasteiger partial charge in [-0.05, 0) is 13.8 Å². The molecule has 0 amide bonds. The predicted molar refractivity (Wildman–Crippen MR) is 97.2 cm³/mol. The maximum Gasteiger partial charge on any atom is 0.351 e. The zero-order valence-corrected chi connectivity index (χ0v) is 17.0. The number of nitrogens with one attached hydrogen (secondary N) is 1. The first-order valence-electron chi connectivity index (χ1n) is 8.11. The van der Waals surface area contributed by atoms with Crippen LogP contribution in [-0.4, -0.2) is 93.1 Å². The second-order valence-corrected chi connectivity index (χ2v) is 11.3. The summed E-state index contributed by atoms with van der Waals surface area (Å²) in [5, 5.41) is 12.3. The third-order valence-corrected chi connectivity index (χ3v) is 7.08. The first kappa shape index (κ1) is 22.8. The molecule has 0 aromatic carbocycles. The Hall–Kier alpha value is -1.24. The molecule has 3 atom stereocenters. The quantitative estimate of drug-likeness (QED) is 0.189. The highest BCUT2D eigenvalue weighted by Crippen LogP contribution is 2.29. The Kier molecular flexibility index (Phi) is 7.18. The third kappa shape index (κ3) is 7.98. The summed E-state index contributed by atoms with van der Waals surface area (Å²) in [6, 6.07) is -0.599. The largest absolute Gasteiger partial charge is 0.477 e. The van der Waals surface area contributed by atoms with Gasteiger partial charge >= 0.3 is 5.97 Å². The van der Waals surface area contributed by atoms with Gasteiger partial charge in [0, 0.05) is 11.8 Å². The van der Waals surface area contributed by atoms with Crippen LogP contribution in [0.5, 0.6) is 0 Å². The molecule has 0 aliphatic carbocycles. The lowest BCUT2D eigenvalue weighted by molar-refractivity contribution is -0.880. The van der Waals surface area contributed by atoms with Crippen LogP contribution in [0.1, 0.15) is 13.8 Å². The molecule has 1 aliphatic rings. The number of likely N-dealkylation sites (tertiary alicyclic amines) is 1. The number of carboxylic acids is 1. The van der Waals surface area contributed by atoms with E-state index >= 15 is 0 Å². The molecule has 0 saturated carbocycles. The van der Waals surface area contributed by atoms with Crippen LogP contribution < -0.4 is 5.43 Å². The van der Waals surface area contributed by atoms with Crippen molar-refractivity contribution in [2.24, 2.45) is 16.9 Å². The fourth-order valence-corrected chi connectivity index (χ4v) is 6.28. The number of hydrogen-bond acceptors (Lipinski definition) is 7. The van der Waals surface area contributed by atoms with Crippen molar-refractivity contribution in [3.05, 3.63) is 0 Å². The van der Waals surface area contributed by atoms with E-state index < -0.39 is 43.6 Å². The second-order valence-electron chi connectivity index (χ2n) is 7.68. The van der Waals surface area contributed by atoms with Crippen molar-refractivity contribution in [1.29, 1.82) is 0 Å². The van der Waals surface area contributed by atoms with Gasteiger partial charge in [-0.25, -0.2) is 13.2 Å². The standard InChI is InChI=1S/C14H27N3O7S2/c1-10(15-16-11(2)14(18)19)7-25(20,21)8-12-5-17(3,4)6-13(12)9-26(22,23)24/h10,12-13,15H,5-9H2,1-4H3,(H-,18,19,22,23,24)/p+1/b16-11+. The molecule has 0 spiro atoms. The summed E-state index contributed by atoms with van der Waals surface area (Å²) in [6.07, 6.45) is 0. The van der Waals surface area contributed by atoms with Crippen molar-refractivity contribution in [2.45, 2.75) is 19.9 Å². The average molecular weight is 415 g/mol. The molecule has 3 N–H and O–H groups in total. The minimum absolute atomic E-state index is 0.183. The molecule has 26 heavy (non-hydrogen) atoms. The van der Waals surface area contributed by atoms with Crippen LogP contribution in [0, 0.1) is 11.8 Å². The van der Waals surface area contributed by atoms with Crippen LogP contribution in [0.2, 0.25) is 0 Å². The molecular formula is C14H28N3O7S2+. The first-order valence-corrected chi connectivity index (χ1v) is 11.5. The number of aliphatic carboxylic acids is 1. The van der Waals surface area contributed by atoms with Gasteiger partial charge in [0.1, 0.15) is 5.71 Å². The van der Waals surface area contributed by atoms with Gasteiger partial charge in [0.15, 0.2) is 9.84 Å².